The van der Waals surface area contributed by atoms with Gasteiger partial charge in [0.1, 0.15) is 0 Å². The van der Waals surface area contributed by atoms with Crippen LogP contribution in [0.25, 0.3) is 0 Å². The number of carbonyl (C=O) groups excluding carboxylic acids is 1. The molecule has 2 rings (SSSR count). The Kier molecular flexibility index (Phi) is 3.18. The highest BCUT2D eigenvalue weighted by Crippen LogP contribution is 2.16. The molecule has 0 spiro atoms. The lowest BCUT2D eigenvalue weighted by atomic mass is 10.2. The molecule has 2 aromatic carbocycles. The number of para-hydroxylation sites is 2. The van der Waals surface area contributed by atoms with Gasteiger partial charge < -0.3 is 4.84 Å². The lowest BCUT2D eigenvalue weighted by Crippen LogP contribution is -2.05. The molecule has 0 aliphatic heterocycles. The van der Waals surface area contributed by atoms with E-state index in [9.17, 15) is 4.79 Å². The van der Waals surface area contributed by atoms with Gasteiger partial charge in [-0.15, -0.1) is 0 Å². The quantitative estimate of drug-likeness (QED) is 0.626. The maximum absolute atomic E-state index is 10.7. The largest absolute Gasteiger partial charge is 0.381 e. The van der Waals surface area contributed by atoms with Crippen molar-refractivity contribution in [1.29, 1.82) is 0 Å². The van der Waals surface area contributed by atoms with E-state index in [4.69, 9.17) is 4.84 Å². The molecule has 0 aliphatic carbocycles. The Labute approximate surface area is 93.6 Å². The van der Waals surface area contributed by atoms with Crippen LogP contribution in [0.1, 0.15) is 10.4 Å². The number of anilines is 1. The zero-order chi connectivity index (χ0) is 11.2. The summed E-state index contributed by atoms with van der Waals surface area (Å²) in [6, 6.07) is 16.5. The molecular weight excluding hydrogens is 202 g/mol. The summed E-state index contributed by atoms with van der Waals surface area (Å²) >= 11 is 0. The second kappa shape index (κ2) is 4.98. The zero-order valence-electron chi connectivity index (χ0n) is 8.59. The van der Waals surface area contributed by atoms with Gasteiger partial charge in [0, 0.05) is 0 Å². The first kappa shape index (κ1) is 10.2. The molecule has 0 fully saturated rings. The normalized spacial score (nSPS) is 9.50. The highest BCUT2D eigenvalue weighted by atomic mass is 16.6. The lowest BCUT2D eigenvalue weighted by Gasteiger charge is -2.09. The van der Waals surface area contributed by atoms with E-state index in [1.807, 2.05) is 36.4 Å². The summed E-state index contributed by atoms with van der Waals surface area (Å²) in [5.41, 5.74) is 4.13. The summed E-state index contributed by atoms with van der Waals surface area (Å²) in [5.74, 6) is 0.515. The zero-order valence-corrected chi connectivity index (χ0v) is 8.59. The minimum absolute atomic E-state index is 0.515. The Bertz CT molecular complexity index is 468. The van der Waals surface area contributed by atoms with Crippen LogP contribution in [0.4, 0.5) is 5.69 Å². The van der Waals surface area contributed by atoms with Crippen LogP contribution in [0.15, 0.2) is 54.6 Å². The molecule has 0 heterocycles. The van der Waals surface area contributed by atoms with Crippen LogP contribution in [0.3, 0.4) is 0 Å². The van der Waals surface area contributed by atoms with Gasteiger partial charge in [0.2, 0.25) is 0 Å². The predicted octanol–water partition coefficient (Wildman–Crippen LogP) is 2.91. The minimum Gasteiger partial charge on any atom is -0.381 e. The lowest BCUT2D eigenvalue weighted by molar-refractivity contribution is 0.112. The standard InChI is InChI=1S/C13H11NO2/c15-10-11-6-4-5-9-13(11)16-14-12-7-2-1-3-8-12/h1-10,14H. The van der Waals surface area contributed by atoms with E-state index in [-0.39, 0.29) is 0 Å². The van der Waals surface area contributed by atoms with E-state index >= 15 is 0 Å². The van der Waals surface area contributed by atoms with Gasteiger partial charge in [-0.05, 0) is 24.3 Å². The summed E-state index contributed by atoms with van der Waals surface area (Å²) < 4.78 is 0. The van der Waals surface area contributed by atoms with E-state index in [0.29, 0.717) is 11.3 Å². The van der Waals surface area contributed by atoms with Gasteiger partial charge in [-0.3, -0.25) is 4.79 Å². The van der Waals surface area contributed by atoms with Gasteiger partial charge in [-0.25, -0.2) is 5.48 Å². The van der Waals surface area contributed by atoms with Gasteiger partial charge in [-0.1, -0.05) is 30.3 Å². The van der Waals surface area contributed by atoms with E-state index in [1.54, 1.807) is 18.2 Å². The molecule has 0 bridgehead atoms. The molecule has 16 heavy (non-hydrogen) atoms. The average molecular weight is 213 g/mol. The Morgan fingerprint density at radius 3 is 2.38 bits per heavy atom. The molecule has 3 heteroatoms. The fraction of sp³-hybridized carbons (Fsp3) is 0. The van der Waals surface area contributed by atoms with Crippen molar-refractivity contribution in [3.63, 3.8) is 0 Å². The monoisotopic (exact) mass is 213 g/mol. The number of benzene rings is 2. The Morgan fingerprint density at radius 2 is 1.62 bits per heavy atom. The van der Waals surface area contributed by atoms with Crippen molar-refractivity contribution in [1.82, 2.24) is 0 Å². The minimum atomic E-state index is 0.515. The van der Waals surface area contributed by atoms with Crippen molar-refractivity contribution in [2.24, 2.45) is 0 Å². The van der Waals surface area contributed by atoms with Crippen molar-refractivity contribution in [2.75, 3.05) is 5.48 Å². The highest BCUT2D eigenvalue weighted by molar-refractivity contribution is 5.79. The smallest absolute Gasteiger partial charge is 0.165 e. The van der Waals surface area contributed by atoms with E-state index in [1.165, 1.54) is 0 Å². The van der Waals surface area contributed by atoms with Crippen LogP contribution in [-0.4, -0.2) is 6.29 Å². The Balaban J connectivity index is 2.08. The molecular formula is C13H11NO2. The summed E-state index contributed by atoms with van der Waals surface area (Å²) in [4.78, 5) is 16.1. The molecule has 0 aromatic heterocycles. The van der Waals surface area contributed by atoms with Crippen molar-refractivity contribution < 1.29 is 9.63 Å². The number of hydrogen-bond acceptors (Lipinski definition) is 3. The second-order valence-electron chi connectivity index (χ2n) is 3.23. The van der Waals surface area contributed by atoms with Gasteiger partial charge in [0.15, 0.2) is 12.0 Å². The third-order valence-corrected chi connectivity index (χ3v) is 2.10. The average Bonchev–Trinajstić information content (AvgIpc) is 2.38. The molecule has 0 aliphatic rings. The number of aldehydes is 1. The molecule has 2 aromatic rings. The van der Waals surface area contributed by atoms with Crippen molar-refractivity contribution in [3.05, 3.63) is 60.2 Å². The number of carbonyl (C=O) groups is 1. The van der Waals surface area contributed by atoms with Crippen molar-refractivity contribution in [2.45, 2.75) is 0 Å². The highest BCUT2D eigenvalue weighted by Gasteiger charge is 2.01. The molecule has 0 unspecified atom stereocenters. The Morgan fingerprint density at radius 1 is 0.938 bits per heavy atom. The van der Waals surface area contributed by atoms with Gasteiger partial charge >= 0.3 is 0 Å². The molecule has 1 N–H and O–H groups in total. The van der Waals surface area contributed by atoms with Gasteiger partial charge in [-0.2, -0.15) is 0 Å². The predicted molar refractivity (Wildman–Crippen MR) is 62.5 cm³/mol. The maximum Gasteiger partial charge on any atom is 0.165 e. The molecule has 0 atom stereocenters. The van der Waals surface area contributed by atoms with E-state index < -0.39 is 0 Å². The fourth-order valence-corrected chi connectivity index (χ4v) is 1.29. The summed E-state index contributed by atoms with van der Waals surface area (Å²) in [6.07, 6.45) is 0.766. The van der Waals surface area contributed by atoms with Crippen LogP contribution in [-0.2, 0) is 0 Å². The summed E-state index contributed by atoms with van der Waals surface area (Å²) in [7, 11) is 0. The maximum atomic E-state index is 10.7. The number of nitrogens with one attached hydrogen (secondary N) is 1. The number of rotatable bonds is 4. The fourth-order valence-electron chi connectivity index (χ4n) is 1.29. The molecule has 0 radical (unpaired) electrons. The van der Waals surface area contributed by atoms with E-state index in [0.717, 1.165) is 12.0 Å². The summed E-state index contributed by atoms with van der Waals surface area (Å²) in [5, 5.41) is 0. The third-order valence-electron chi connectivity index (χ3n) is 2.10. The topological polar surface area (TPSA) is 38.3 Å². The Hall–Kier alpha value is -2.29. The van der Waals surface area contributed by atoms with Gasteiger partial charge in [0.25, 0.3) is 0 Å². The van der Waals surface area contributed by atoms with Crippen LogP contribution in [0, 0.1) is 0 Å². The van der Waals surface area contributed by atoms with Crippen molar-refractivity contribution >= 4 is 12.0 Å². The van der Waals surface area contributed by atoms with Crippen LogP contribution in [0.5, 0.6) is 5.75 Å². The molecule has 3 nitrogen and oxygen atoms in total. The molecule has 0 amide bonds. The van der Waals surface area contributed by atoms with Crippen LogP contribution in [0.2, 0.25) is 0 Å². The van der Waals surface area contributed by atoms with Gasteiger partial charge in [0.05, 0.1) is 11.3 Å². The van der Waals surface area contributed by atoms with Crippen LogP contribution < -0.4 is 10.3 Å². The first-order chi connectivity index (χ1) is 7.90. The third kappa shape index (κ3) is 2.39. The van der Waals surface area contributed by atoms with Crippen molar-refractivity contribution in [3.8, 4) is 5.75 Å². The van der Waals surface area contributed by atoms with E-state index in [2.05, 4.69) is 5.48 Å². The molecule has 0 saturated carbocycles. The number of hydrogen-bond donors (Lipinski definition) is 1. The summed E-state index contributed by atoms with van der Waals surface area (Å²) in [6.45, 7) is 0. The molecule has 0 saturated heterocycles. The molecule has 80 valence electrons. The SMILES string of the molecule is O=Cc1ccccc1ONc1ccccc1. The first-order valence-electron chi connectivity index (χ1n) is 4.92. The first-order valence-corrected chi connectivity index (χ1v) is 4.92. The second-order valence-corrected chi connectivity index (χ2v) is 3.23. The van der Waals surface area contributed by atoms with Crippen LogP contribution >= 0.6 is 0 Å².